The number of carboxylic acids is 2. The molecule has 1 fully saturated rings. The number of carboxylic acid groups (broad SMARTS) is 2. The number of hydrogen-bond acceptors (Lipinski definition) is 9. The average Bonchev–Trinajstić information content (AvgIpc) is 2.72. The predicted octanol–water partition coefficient (Wildman–Crippen LogP) is 0.294. The number of ether oxygens (including phenoxy) is 2. The molecule has 13 nitrogen and oxygen atoms in total. The summed E-state index contributed by atoms with van der Waals surface area (Å²) in [6.45, 7) is 5.76. The second-order valence-corrected chi connectivity index (χ2v) is 10.0. The molecule has 1 saturated heterocycles. The van der Waals surface area contributed by atoms with Crippen molar-refractivity contribution in [2.45, 2.75) is 57.6 Å². The summed E-state index contributed by atoms with van der Waals surface area (Å²) in [4.78, 5) is 72.0. The molecule has 2 aliphatic rings. The molecule has 0 aromatic heterocycles. The Hall–Kier alpha value is -3.29. The van der Waals surface area contributed by atoms with Gasteiger partial charge in [-0.05, 0) is 27.2 Å². The van der Waals surface area contributed by atoms with Gasteiger partial charge in [0, 0.05) is 31.2 Å². The summed E-state index contributed by atoms with van der Waals surface area (Å²) in [5.41, 5.74) is -0.755. The maximum atomic E-state index is 12.6. The first kappa shape index (κ1) is 28.0. The van der Waals surface area contributed by atoms with Crippen LogP contribution in [0.5, 0.6) is 0 Å². The van der Waals surface area contributed by atoms with Crippen molar-refractivity contribution < 1.29 is 48.5 Å². The van der Waals surface area contributed by atoms with Crippen LogP contribution < -0.4 is 10.6 Å². The van der Waals surface area contributed by atoms with Crippen LogP contribution in [0.15, 0.2) is 11.3 Å². The van der Waals surface area contributed by atoms with E-state index < -0.39 is 58.8 Å². The number of hydrogen-bond donors (Lipinski definition) is 4. The summed E-state index contributed by atoms with van der Waals surface area (Å²) in [7, 11) is 0. The fraction of sp³-hybridized carbons (Fsp3) is 0.619. The second kappa shape index (κ2) is 11.4. The van der Waals surface area contributed by atoms with E-state index in [-0.39, 0.29) is 37.4 Å². The van der Waals surface area contributed by atoms with Gasteiger partial charge in [-0.25, -0.2) is 14.4 Å². The maximum absolute atomic E-state index is 12.6. The molecule has 2 heterocycles. The van der Waals surface area contributed by atoms with E-state index >= 15 is 0 Å². The van der Waals surface area contributed by atoms with E-state index in [1.54, 1.807) is 20.8 Å². The van der Waals surface area contributed by atoms with Gasteiger partial charge in [0.05, 0.1) is 11.3 Å². The van der Waals surface area contributed by atoms with Crippen molar-refractivity contribution in [2.24, 2.45) is 5.92 Å². The third-order valence-corrected chi connectivity index (χ3v) is 6.36. The molecule has 0 aliphatic carbocycles. The highest BCUT2D eigenvalue weighted by Gasteiger charge is 2.53. The first-order valence-electron chi connectivity index (χ1n) is 10.7. The molecular formula is C21H29N3O10S. The third-order valence-electron chi connectivity index (χ3n) is 4.96. The van der Waals surface area contributed by atoms with E-state index in [9.17, 15) is 39.0 Å². The number of β-lactam (4-membered cyclic amide) rings is 1. The lowest BCUT2D eigenvalue weighted by Gasteiger charge is -2.49. The first-order valence-corrected chi connectivity index (χ1v) is 11.8. The molecule has 2 rings (SSSR count). The van der Waals surface area contributed by atoms with E-state index in [2.05, 4.69) is 10.6 Å². The molecule has 194 valence electrons. The highest BCUT2D eigenvalue weighted by molar-refractivity contribution is 8.00. The van der Waals surface area contributed by atoms with Gasteiger partial charge in [-0.15, -0.1) is 11.8 Å². The largest absolute Gasteiger partial charge is 0.480 e. The van der Waals surface area contributed by atoms with Crippen LogP contribution in [0.2, 0.25) is 0 Å². The van der Waals surface area contributed by atoms with E-state index in [1.807, 2.05) is 0 Å². The number of aliphatic carboxylic acids is 2. The van der Waals surface area contributed by atoms with Gasteiger partial charge in [-0.2, -0.15) is 0 Å². The molecule has 2 aliphatic heterocycles. The molecule has 0 radical (unpaired) electrons. The number of carbonyl (C=O) groups is 6. The number of esters is 1. The minimum Gasteiger partial charge on any atom is -0.480 e. The minimum atomic E-state index is -1.33. The van der Waals surface area contributed by atoms with Crippen LogP contribution in [0.1, 0.15) is 40.5 Å². The Kier molecular flexibility index (Phi) is 9.12. The zero-order chi connectivity index (χ0) is 26.5. The van der Waals surface area contributed by atoms with Crippen LogP contribution in [0, 0.1) is 5.92 Å². The maximum Gasteiger partial charge on any atom is 0.408 e. The van der Waals surface area contributed by atoms with Gasteiger partial charge in [0.2, 0.25) is 11.8 Å². The van der Waals surface area contributed by atoms with Crippen molar-refractivity contribution in [3.05, 3.63) is 11.3 Å². The van der Waals surface area contributed by atoms with Gasteiger partial charge in [0.1, 0.15) is 23.9 Å². The van der Waals surface area contributed by atoms with Crippen molar-refractivity contribution in [2.75, 3.05) is 18.9 Å². The molecule has 35 heavy (non-hydrogen) atoms. The monoisotopic (exact) mass is 515 g/mol. The van der Waals surface area contributed by atoms with Crippen LogP contribution in [0.3, 0.4) is 0 Å². The molecule has 0 saturated carbocycles. The molecule has 3 amide bonds. The number of fused-ring (bicyclic) bond motifs is 1. The lowest BCUT2D eigenvalue weighted by Crippen LogP contribution is -2.62. The van der Waals surface area contributed by atoms with Gasteiger partial charge in [-0.3, -0.25) is 19.3 Å². The highest BCUT2D eigenvalue weighted by Crippen LogP contribution is 2.45. The van der Waals surface area contributed by atoms with Gasteiger partial charge in [-0.1, -0.05) is 0 Å². The Labute approximate surface area is 205 Å². The van der Waals surface area contributed by atoms with E-state index in [1.165, 1.54) is 18.7 Å². The van der Waals surface area contributed by atoms with Crippen LogP contribution in [0.4, 0.5) is 4.79 Å². The van der Waals surface area contributed by atoms with E-state index in [0.717, 1.165) is 4.90 Å². The van der Waals surface area contributed by atoms with Crippen molar-refractivity contribution in [1.29, 1.82) is 0 Å². The number of nitrogens with zero attached hydrogens (tertiary/aromatic N) is 1. The standard InChI is InChI=1S/C21H29N3O10S/c1-10(25)33-8-11-9-35-17-12(16(27)24(17)15(11)19(30)31)7-14(26)22-6-5-13(18(28)29)23-20(32)34-21(2,3)4/h12-13,17H,5-9H2,1-4H3,(H,22,26)(H,23,32)(H,28,29)(H,30,31)/t12-,13-,17-/m1/s1. The highest BCUT2D eigenvalue weighted by atomic mass is 32.2. The smallest absolute Gasteiger partial charge is 0.408 e. The summed E-state index contributed by atoms with van der Waals surface area (Å²) in [5, 5.41) is 23.0. The lowest BCUT2D eigenvalue weighted by atomic mass is 9.92. The van der Waals surface area contributed by atoms with Crippen LogP contribution in [0.25, 0.3) is 0 Å². The summed E-state index contributed by atoms with van der Waals surface area (Å²) in [5.74, 6) is -4.79. The molecule has 0 spiro atoms. The molecular weight excluding hydrogens is 486 g/mol. The molecule has 3 atom stereocenters. The molecule has 14 heteroatoms. The van der Waals surface area contributed by atoms with Gasteiger partial charge < -0.3 is 30.3 Å². The first-order chi connectivity index (χ1) is 16.2. The Morgan fingerprint density at radius 2 is 1.86 bits per heavy atom. The molecule has 0 unspecified atom stereocenters. The Bertz CT molecular complexity index is 942. The summed E-state index contributed by atoms with van der Waals surface area (Å²) >= 11 is 1.27. The fourth-order valence-corrected chi connectivity index (χ4v) is 4.85. The molecule has 0 aromatic rings. The van der Waals surface area contributed by atoms with Gasteiger partial charge in [0.15, 0.2) is 0 Å². The van der Waals surface area contributed by atoms with Crippen LogP contribution in [-0.2, 0) is 33.4 Å². The minimum absolute atomic E-state index is 0.0825. The topological polar surface area (TPSA) is 189 Å². The number of thioether (sulfide) groups is 1. The number of carbonyl (C=O) groups excluding carboxylic acids is 4. The van der Waals surface area contributed by atoms with Gasteiger partial charge >= 0.3 is 24.0 Å². The van der Waals surface area contributed by atoms with E-state index in [0.29, 0.717) is 5.57 Å². The number of nitrogens with one attached hydrogen (secondary N) is 2. The molecule has 4 N–H and O–H groups in total. The van der Waals surface area contributed by atoms with Crippen molar-refractivity contribution in [1.82, 2.24) is 15.5 Å². The molecule has 0 aromatic carbocycles. The second-order valence-electron chi connectivity index (χ2n) is 8.93. The number of amides is 3. The number of rotatable bonds is 10. The number of alkyl carbamates (subject to hydrolysis) is 1. The SMILES string of the molecule is CC(=O)OCC1=C(C(=O)O)N2C(=O)[C@@H](CC(=O)NCC[C@@H](NC(=O)OC(C)(C)C)C(=O)O)[C@H]2SC1. The summed E-state index contributed by atoms with van der Waals surface area (Å²) in [6.07, 6.45) is -1.23. The van der Waals surface area contributed by atoms with E-state index in [4.69, 9.17) is 9.47 Å². The fourth-order valence-electron chi connectivity index (χ4n) is 3.45. The third kappa shape index (κ3) is 7.60. The van der Waals surface area contributed by atoms with Crippen molar-refractivity contribution in [3.63, 3.8) is 0 Å². The quantitative estimate of drug-likeness (QED) is 0.231. The van der Waals surface area contributed by atoms with Crippen molar-refractivity contribution in [3.8, 4) is 0 Å². The van der Waals surface area contributed by atoms with Crippen LogP contribution in [-0.4, -0.2) is 86.8 Å². The van der Waals surface area contributed by atoms with Gasteiger partial charge in [0.25, 0.3) is 0 Å². The lowest BCUT2D eigenvalue weighted by molar-refractivity contribution is -0.154. The van der Waals surface area contributed by atoms with Crippen LogP contribution >= 0.6 is 11.8 Å². The summed E-state index contributed by atoms with van der Waals surface area (Å²) < 4.78 is 9.90. The zero-order valence-corrected chi connectivity index (χ0v) is 20.6. The Morgan fingerprint density at radius 3 is 2.40 bits per heavy atom. The predicted molar refractivity (Wildman–Crippen MR) is 121 cm³/mol. The normalized spacial score (nSPS) is 20.2. The average molecular weight is 516 g/mol. The zero-order valence-electron chi connectivity index (χ0n) is 19.8. The Morgan fingerprint density at radius 1 is 1.20 bits per heavy atom. The summed E-state index contributed by atoms with van der Waals surface area (Å²) in [6, 6.07) is -1.29. The Balaban J connectivity index is 1.89. The van der Waals surface area contributed by atoms with Crippen molar-refractivity contribution >= 4 is 47.6 Å². The molecule has 0 bridgehead atoms.